The Morgan fingerprint density at radius 1 is 0.724 bits per heavy atom. The summed E-state index contributed by atoms with van der Waals surface area (Å²) in [6.45, 7) is 4.72. The molecular weight excluding hydrogens is 359 g/mol. The van der Waals surface area contributed by atoms with Gasteiger partial charge < -0.3 is 4.74 Å². The summed E-state index contributed by atoms with van der Waals surface area (Å²) < 4.78 is 19.8. The first-order chi connectivity index (χ1) is 14.2. The fourth-order valence-electron chi connectivity index (χ4n) is 2.82. The number of hydrogen-bond donors (Lipinski definition) is 0. The van der Waals surface area contributed by atoms with Crippen LogP contribution in [0, 0.1) is 29.5 Å². The van der Waals surface area contributed by atoms with Crippen molar-refractivity contribution in [2.45, 2.75) is 26.7 Å². The zero-order valence-corrected chi connectivity index (χ0v) is 16.8. The number of halogens is 1. The highest BCUT2D eigenvalue weighted by atomic mass is 19.1. The summed E-state index contributed by atoms with van der Waals surface area (Å²) in [5.74, 6) is 12.4. The van der Waals surface area contributed by atoms with Crippen LogP contribution < -0.4 is 4.74 Å². The number of aryl methyl sites for hydroxylation is 1. The van der Waals surface area contributed by atoms with E-state index < -0.39 is 0 Å². The van der Waals surface area contributed by atoms with Gasteiger partial charge in [-0.3, -0.25) is 0 Å². The largest absolute Gasteiger partial charge is 0.494 e. The van der Waals surface area contributed by atoms with E-state index in [-0.39, 0.29) is 5.82 Å². The molecular formula is C27H23FO. The molecule has 0 radical (unpaired) electrons. The molecule has 0 spiro atoms. The van der Waals surface area contributed by atoms with E-state index in [1.54, 1.807) is 12.1 Å². The lowest BCUT2D eigenvalue weighted by Gasteiger charge is -2.01. The zero-order valence-electron chi connectivity index (χ0n) is 16.8. The van der Waals surface area contributed by atoms with Crippen molar-refractivity contribution in [1.82, 2.24) is 0 Å². The van der Waals surface area contributed by atoms with Crippen molar-refractivity contribution < 1.29 is 9.13 Å². The van der Waals surface area contributed by atoms with E-state index in [1.165, 1.54) is 11.6 Å². The van der Waals surface area contributed by atoms with Gasteiger partial charge in [-0.2, -0.15) is 0 Å². The van der Waals surface area contributed by atoms with E-state index in [9.17, 15) is 4.39 Å². The van der Waals surface area contributed by atoms with Crippen LogP contribution in [0.2, 0.25) is 0 Å². The second-order valence-electron chi connectivity index (χ2n) is 6.60. The molecule has 144 valence electrons. The van der Waals surface area contributed by atoms with Crippen molar-refractivity contribution in [3.8, 4) is 29.4 Å². The third-order valence-corrected chi connectivity index (χ3v) is 4.32. The smallest absolute Gasteiger partial charge is 0.140 e. The quantitative estimate of drug-likeness (QED) is 0.505. The van der Waals surface area contributed by atoms with Gasteiger partial charge >= 0.3 is 0 Å². The Balaban J connectivity index is 1.71. The third kappa shape index (κ3) is 6.00. The van der Waals surface area contributed by atoms with Gasteiger partial charge in [0.05, 0.1) is 12.2 Å². The van der Waals surface area contributed by atoms with Crippen LogP contribution in [-0.4, -0.2) is 6.61 Å². The molecule has 0 aliphatic heterocycles. The fraction of sp³-hybridized carbons (Fsp3) is 0.185. The Bertz CT molecular complexity index is 1070. The molecule has 0 amide bonds. The minimum Gasteiger partial charge on any atom is -0.494 e. The van der Waals surface area contributed by atoms with Crippen LogP contribution in [0.1, 0.15) is 48.1 Å². The van der Waals surface area contributed by atoms with Crippen LogP contribution in [0.3, 0.4) is 0 Å². The molecule has 0 heterocycles. The van der Waals surface area contributed by atoms with Gasteiger partial charge in [-0.1, -0.05) is 49.2 Å². The molecule has 3 rings (SSSR count). The molecule has 3 aromatic rings. The van der Waals surface area contributed by atoms with Gasteiger partial charge in [0.25, 0.3) is 0 Å². The van der Waals surface area contributed by atoms with Gasteiger partial charge in [-0.25, -0.2) is 4.39 Å². The van der Waals surface area contributed by atoms with Crippen LogP contribution in [-0.2, 0) is 6.42 Å². The number of hydrogen-bond acceptors (Lipinski definition) is 1. The monoisotopic (exact) mass is 382 g/mol. The van der Waals surface area contributed by atoms with Crippen molar-refractivity contribution in [2.75, 3.05) is 6.61 Å². The first-order valence-electron chi connectivity index (χ1n) is 9.83. The zero-order chi connectivity index (χ0) is 20.5. The Hall–Kier alpha value is -3.49. The average molecular weight is 382 g/mol. The molecule has 0 aromatic heterocycles. The summed E-state index contributed by atoms with van der Waals surface area (Å²) in [4.78, 5) is 0. The molecule has 0 unspecified atom stereocenters. The van der Waals surface area contributed by atoms with Gasteiger partial charge in [0.1, 0.15) is 11.6 Å². The van der Waals surface area contributed by atoms with E-state index >= 15 is 0 Å². The molecule has 0 bridgehead atoms. The minimum atomic E-state index is -0.367. The lowest BCUT2D eigenvalue weighted by molar-refractivity contribution is 0.340. The third-order valence-electron chi connectivity index (χ3n) is 4.32. The van der Waals surface area contributed by atoms with Crippen LogP contribution in [0.5, 0.6) is 5.75 Å². The van der Waals surface area contributed by atoms with E-state index in [1.807, 2.05) is 43.3 Å². The van der Waals surface area contributed by atoms with Crippen molar-refractivity contribution >= 4 is 0 Å². The van der Waals surface area contributed by atoms with E-state index in [2.05, 4.69) is 42.7 Å². The van der Waals surface area contributed by atoms with Gasteiger partial charge in [0, 0.05) is 16.7 Å². The number of rotatable bonds is 4. The van der Waals surface area contributed by atoms with Gasteiger partial charge in [-0.15, -0.1) is 0 Å². The lowest BCUT2D eigenvalue weighted by Crippen LogP contribution is -1.90. The summed E-state index contributed by atoms with van der Waals surface area (Å²) in [6, 6.07) is 20.5. The van der Waals surface area contributed by atoms with Crippen molar-refractivity contribution in [2.24, 2.45) is 0 Å². The maximum Gasteiger partial charge on any atom is 0.140 e. The Kier molecular flexibility index (Phi) is 7.10. The molecule has 0 aliphatic rings. The van der Waals surface area contributed by atoms with Crippen molar-refractivity contribution in [1.29, 1.82) is 0 Å². The highest BCUT2D eigenvalue weighted by Crippen LogP contribution is 2.13. The Morgan fingerprint density at radius 2 is 1.31 bits per heavy atom. The maximum absolute atomic E-state index is 14.4. The first kappa shape index (κ1) is 20.2. The van der Waals surface area contributed by atoms with E-state index in [0.29, 0.717) is 17.7 Å². The SMILES string of the molecule is CCCc1ccc(C#Cc2ccc(C#Cc3ccc(OCC)cc3)c(F)c2)cc1. The highest BCUT2D eigenvalue weighted by Gasteiger charge is 2.00. The summed E-state index contributed by atoms with van der Waals surface area (Å²) in [5, 5.41) is 0. The van der Waals surface area contributed by atoms with Crippen LogP contribution in [0.4, 0.5) is 4.39 Å². The summed E-state index contributed by atoms with van der Waals surface area (Å²) in [7, 11) is 0. The highest BCUT2D eigenvalue weighted by molar-refractivity contribution is 5.49. The maximum atomic E-state index is 14.4. The molecule has 0 atom stereocenters. The standard InChI is InChI=1S/C27H23FO/c1-3-5-21-6-8-22(9-7-21)10-11-24-13-17-25(27(28)20-24)16-12-23-14-18-26(19-15-23)29-4-2/h6-9,13-15,17-20H,3-5H2,1-2H3. The summed E-state index contributed by atoms with van der Waals surface area (Å²) >= 11 is 0. The molecule has 0 saturated heterocycles. The summed E-state index contributed by atoms with van der Waals surface area (Å²) in [5.41, 5.74) is 4.02. The van der Waals surface area contributed by atoms with Crippen molar-refractivity contribution in [3.05, 3.63) is 100 Å². The number of benzene rings is 3. The van der Waals surface area contributed by atoms with Crippen LogP contribution in [0.15, 0.2) is 66.7 Å². The van der Waals surface area contributed by atoms with Crippen molar-refractivity contribution in [3.63, 3.8) is 0 Å². The second-order valence-corrected chi connectivity index (χ2v) is 6.60. The number of ether oxygens (including phenoxy) is 1. The fourth-order valence-corrected chi connectivity index (χ4v) is 2.82. The molecule has 1 nitrogen and oxygen atoms in total. The van der Waals surface area contributed by atoms with Gasteiger partial charge in [0.15, 0.2) is 0 Å². The Morgan fingerprint density at radius 3 is 1.93 bits per heavy atom. The predicted octanol–water partition coefficient (Wildman–Crippen LogP) is 5.98. The Labute approximate surface area is 172 Å². The molecule has 0 aliphatic carbocycles. The lowest BCUT2D eigenvalue weighted by atomic mass is 10.1. The first-order valence-corrected chi connectivity index (χ1v) is 9.83. The molecule has 0 fully saturated rings. The predicted molar refractivity (Wildman–Crippen MR) is 116 cm³/mol. The van der Waals surface area contributed by atoms with Crippen LogP contribution >= 0.6 is 0 Å². The molecule has 0 N–H and O–H groups in total. The summed E-state index contributed by atoms with van der Waals surface area (Å²) in [6.07, 6.45) is 2.19. The molecule has 0 saturated carbocycles. The van der Waals surface area contributed by atoms with Crippen LogP contribution in [0.25, 0.3) is 0 Å². The molecule has 29 heavy (non-hydrogen) atoms. The average Bonchev–Trinajstić information content (AvgIpc) is 2.74. The molecule has 3 aromatic carbocycles. The van der Waals surface area contributed by atoms with Gasteiger partial charge in [0.2, 0.25) is 0 Å². The normalized spacial score (nSPS) is 9.76. The van der Waals surface area contributed by atoms with E-state index in [4.69, 9.17) is 4.74 Å². The van der Waals surface area contributed by atoms with E-state index in [0.717, 1.165) is 29.7 Å². The topological polar surface area (TPSA) is 9.23 Å². The second kappa shape index (κ2) is 10.2. The van der Waals surface area contributed by atoms with Gasteiger partial charge in [-0.05, 0) is 73.5 Å². The molecule has 2 heteroatoms. The minimum absolute atomic E-state index is 0.355.